The third kappa shape index (κ3) is 2.40. The number of nitrogens with zero attached hydrogens (tertiary/aromatic N) is 4. The van der Waals surface area contributed by atoms with Crippen LogP contribution in [0.5, 0.6) is 0 Å². The summed E-state index contributed by atoms with van der Waals surface area (Å²) in [6.45, 7) is 0.431. The molecule has 0 saturated carbocycles. The standard InChI is InChI=1S/C19H16N4O/c1-22-18(17-11-4-5-12-20-17)21-23(19(22)24)13-15-9-6-8-14-7-2-3-10-16(14)15/h2-12H,13H2,1H3. The smallest absolute Gasteiger partial charge is 0.277 e. The van der Waals surface area contributed by atoms with Crippen LogP contribution in [0.1, 0.15) is 5.56 Å². The van der Waals surface area contributed by atoms with Crippen LogP contribution in [0.15, 0.2) is 71.7 Å². The van der Waals surface area contributed by atoms with Crippen molar-refractivity contribution in [2.45, 2.75) is 6.54 Å². The minimum atomic E-state index is -0.149. The van der Waals surface area contributed by atoms with E-state index in [2.05, 4.69) is 28.3 Å². The first kappa shape index (κ1) is 14.4. The highest BCUT2D eigenvalue weighted by Gasteiger charge is 2.13. The molecule has 0 atom stereocenters. The third-order valence-electron chi connectivity index (χ3n) is 4.13. The van der Waals surface area contributed by atoms with Crippen LogP contribution in [0, 0.1) is 0 Å². The number of aromatic nitrogens is 4. The fourth-order valence-corrected chi connectivity index (χ4v) is 2.90. The Morgan fingerprint density at radius 1 is 0.958 bits per heavy atom. The molecule has 5 heteroatoms. The number of fused-ring (bicyclic) bond motifs is 1. The Hall–Kier alpha value is -3.21. The molecule has 2 heterocycles. The molecule has 0 spiro atoms. The van der Waals surface area contributed by atoms with Gasteiger partial charge in [-0.25, -0.2) is 9.48 Å². The monoisotopic (exact) mass is 316 g/mol. The van der Waals surface area contributed by atoms with Crippen molar-refractivity contribution in [1.29, 1.82) is 0 Å². The third-order valence-corrected chi connectivity index (χ3v) is 4.13. The zero-order valence-corrected chi connectivity index (χ0v) is 13.3. The Kier molecular flexibility index (Phi) is 3.46. The van der Waals surface area contributed by atoms with Crippen molar-refractivity contribution >= 4 is 10.8 Å². The zero-order valence-electron chi connectivity index (χ0n) is 13.3. The molecule has 0 unspecified atom stereocenters. The Balaban J connectivity index is 1.79. The van der Waals surface area contributed by atoms with Gasteiger partial charge in [-0.1, -0.05) is 48.5 Å². The summed E-state index contributed by atoms with van der Waals surface area (Å²) in [5, 5.41) is 6.78. The summed E-state index contributed by atoms with van der Waals surface area (Å²) < 4.78 is 3.03. The van der Waals surface area contributed by atoms with E-state index in [9.17, 15) is 4.79 Å². The molecule has 4 rings (SSSR count). The van der Waals surface area contributed by atoms with Gasteiger partial charge in [-0.15, -0.1) is 5.10 Å². The molecule has 4 aromatic rings. The second kappa shape index (κ2) is 5.77. The average molecular weight is 316 g/mol. The summed E-state index contributed by atoms with van der Waals surface area (Å²) in [6.07, 6.45) is 1.70. The highest BCUT2D eigenvalue weighted by atomic mass is 16.2. The molecule has 0 saturated heterocycles. The summed E-state index contributed by atoms with van der Waals surface area (Å²) >= 11 is 0. The predicted molar refractivity (Wildman–Crippen MR) is 93.7 cm³/mol. The van der Waals surface area contributed by atoms with E-state index in [-0.39, 0.29) is 5.69 Å². The molecule has 24 heavy (non-hydrogen) atoms. The van der Waals surface area contributed by atoms with Crippen LogP contribution in [0.25, 0.3) is 22.3 Å². The van der Waals surface area contributed by atoms with Crippen molar-refractivity contribution in [2.75, 3.05) is 0 Å². The second-order valence-electron chi connectivity index (χ2n) is 5.68. The van der Waals surface area contributed by atoms with Gasteiger partial charge in [0, 0.05) is 13.2 Å². The number of hydrogen-bond acceptors (Lipinski definition) is 3. The predicted octanol–water partition coefficient (Wildman–Crippen LogP) is 2.85. The van der Waals surface area contributed by atoms with Crippen molar-refractivity contribution in [3.63, 3.8) is 0 Å². The van der Waals surface area contributed by atoms with E-state index in [0.717, 1.165) is 16.3 Å². The number of rotatable bonds is 3. The van der Waals surface area contributed by atoms with E-state index in [1.54, 1.807) is 13.2 Å². The molecule has 2 aromatic heterocycles. The molecule has 0 fully saturated rings. The number of hydrogen-bond donors (Lipinski definition) is 0. The van der Waals surface area contributed by atoms with Crippen LogP contribution in [0.4, 0.5) is 0 Å². The Bertz CT molecular complexity index is 1060. The van der Waals surface area contributed by atoms with Gasteiger partial charge in [0.25, 0.3) is 0 Å². The fraction of sp³-hybridized carbons (Fsp3) is 0.105. The second-order valence-corrected chi connectivity index (χ2v) is 5.68. The molecule has 0 aliphatic heterocycles. The first-order chi connectivity index (χ1) is 11.7. The maximum atomic E-state index is 12.5. The average Bonchev–Trinajstić information content (AvgIpc) is 2.91. The molecule has 0 N–H and O–H groups in total. The van der Waals surface area contributed by atoms with Crippen LogP contribution in [-0.4, -0.2) is 19.3 Å². The highest BCUT2D eigenvalue weighted by molar-refractivity contribution is 5.85. The van der Waals surface area contributed by atoms with Crippen LogP contribution in [0.2, 0.25) is 0 Å². The molecule has 0 bridgehead atoms. The van der Waals surface area contributed by atoms with Crippen LogP contribution < -0.4 is 5.69 Å². The molecule has 0 radical (unpaired) electrons. The Labute approximate surface area is 138 Å². The first-order valence-electron chi connectivity index (χ1n) is 7.76. The van der Waals surface area contributed by atoms with Crippen LogP contribution in [0.3, 0.4) is 0 Å². The van der Waals surface area contributed by atoms with Crippen molar-refractivity contribution in [1.82, 2.24) is 19.3 Å². The summed E-state index contributed by atoms with van der Waals surface area (Å²) in [6, 6.07) is 19.8. The van der Waals surface area contributed by atoms with Crippen LogP contribution in [-0.2, 0) is 13.6 Å². The summed E-state index contributed by atoms with van der Waals surface area (Å²) in [7, 11) is 1.72. The zero-order chi connectivity index (χ0) is 16.5. The normalized spacial score (nSPS) is 11.0. The Morgan fingerprint density at radius 2 is 1.75 bits per heavy atom. The summed E-state index contributed by atoms with van der Waals surface area (Å²) in [5.41, 5.74) is 1.61. The van der Waals surface area contributed by atoms with E-state index < -0.39 is 0 Å². The van der Waals surface area contributed by atoms with Gasteiger partial charge in [0.1, 0.15) is 5.69 Å². The van der Waals surface area contributed by atoms with Gasteiger partial charge in [-0.3, -0.25) is 9.55 Å². The van der Waals surface area contributed by atoms with Crippen LogP contribution >= 0.6 is 0 Å². The van der Waals surface area contributed by atoms with E-state index in [1.807, 2.05) is 42.5 Å². The maximum absolute atomic E-state index is 12.5. The minimum absolute atomic E-state index is 0.149. The molecule has 118 valence electrons. The lowest BCUT2D eigenvalue weighted by atomic mass is 10.0. The minimum Gasteiger partial charge on any atom is -0.277 e. The lowest BCUT2D eigenvalue weighted by Gasteiger charge is -2.05. The van der Waals surface area contributed by atoms with E-state index in [0.29, 0.717) is 18.1 Å². The Morgan fingerprint density at radius 3 is 2.58 bits per heavy atom. The van der Waals surface area contributed by atoms with Gasteiger partial charge in [-0.05, 0) is 28.5 Å². The SMILES string of the molecule is Cn1c(-c2ccccn2)nn(Cc2cccc3ccccc23)c1=O. The fourth-order valence-electron chi connectivity index (χ4n) is 2.90. The van der Waals surface area contributed by atoms with E-state index in [1.165, 1.54) is 9.25 Å². The lowest BCUT2D eigenvalue weighted by molar-refractivity contribution is 0.650. The molecule has 2 aromatic carbocycles. The van der Waals surface area contributed by atoms with Gasteiger partial charge < -0.3 is 0 Å². The summed E-state index contributed by atoms with van der Waals surface area (Å²) in [5.74, 6) is 0.570. The summed E-state index contributed by atoms with van der Waals surface area (Å²) in [4.78, 5) is 16.8. The van der Waals surface area contributed by atoms with Crippen molar-refractivity contribution in [3.8, 4) is 11.5 Å². The molecule has 0 amide bonds. The highest BCUT2D eigenvalue weighted by Crippen LogP contribution is 2.19. The van der Waals surface area contributed by atoms with E-state index in [4.69, 9.17) is 0 Å². The van der Waals surface area contributed by atoms with Crippen molar-refractivity contribution in [2.24, 2.45) is 7.05 Å². The lowest BCUT2D eigenvalue weighted by Crippen LogP contribution is -2.23. The molecule has 0 aliphatic rings. The molecule has 5 nitrogen and oxygen atoms in total. The van der Waals surface area contributed by atoms with E-state index >= 15 is 0 Å². The van der Waals surface area contributed by atoms with Gasteiger partial charge in [0.2, 0.25) is 0 Å². The van der Waals surface area contributed by atoms with Gasteiger partial charge in [0.15, 0.2) is 5.82 Å². The number of pyridine rings is 1. The van der Waals surface area contributed by atoms with Crippen molar-refractivity contribution in [3.05, 3.63) is 82.9 Å². The molecule has 0 aliphatic carbocycles. The quantitative estimate of drug-likeness (QED) is 0.584. The maximum Gasteiger partial charge on any atom is 0.346 e. The topological polar surface area (TPSA) is 52.7 Å². The molecular formula is C19H16N4O. The van der Waals surface area contributed by atoms with Gasteiger partial charge in [-0.2, -0.15) is 0 Å². The van der Waals surface area contributed by atoms with Gasteiger partial charge >= 0.3 is 5.69 Å². The van der Waals surface area contributed by atoms with Gasteiger partial charge in [0.05, 0.1) is 6.54 Å². The number of benzene rings is 2. The molecular weight excluding hydrogens is 300 g/mol. The first-order valence-corrected chi connectivity index (χ1v) is 7.76. The largest absolute Gasteiger partial charge is 0.346 e. The van der Waals surface area contributed by atoms with Crippen molar-refractivity contribution < 1.29 is 0 Å².